The van der Waals surface area contributed by atoms with Gasteiger partial charge in [-0.15, -0.1) is 0 Å². The van der Waals surface area contributed by atoms with Gasteiger partial charge in [0.25, 0.3) is 0 Å². The predicted molar refractivity (Wildman–Crippen MR) is 110 cm³/mol. The number of nitrogens with zero attached hydrogens (tertiary/aromatic N) is 4. The standard InChI is InChI=1S/C21H26N6O/c1-14-10-21-24-19(11-20(22)27(21)25-14)17-4-3-9-26(13-17)12-16-5-7-18(8-6-16)23-15(2)28/h5-8,10-11,17H,3-4,9,12-13,22H2,1-2H3,(H,23,28). The summed E-state index contributed by atoms with van der Waals surface area (Å²) < 4.78 is 1.70. The molecule has 1 aliphatic rings. The zero-order valence-corrected chi connectivity index (χ0v) is 16.4. The number of nitrogen functional groups attached to an aromatic ring is 1. The van der Waals surface area contributed by atoms with Gasteiger partial charge in [-0.05, 0) is 44.0 Å². The van der Waals surface area contributed by atoms with Crippen LogP contribution in [0.3, 0.4) is 0 Å². The highest BCUT2D eigenvalue weighted by molar-refractivity contribution is 5.88. The van der Waals surface area contributed by atoms with Crippen LogP contribution in [0.15, 0.2) is 36.4 Å². The van der Waals surface area contributed by atoms with Crippen molar-refractivity contribution in [1.29, 1.82) is 0 Å². The highest BCUT2D eigenvalue weighted by atomic mass is 16.1. The van der Waals surface area contributed by atoms with Crippen molar-refractivity contribution in [1.82, 2.24) is 19.5 Å². The lowest BCUT2D eigenvalue weighted by Gasteiger charge is -2.32. The largest absolute Gasteiger partial charge is 0.384 e. The molecule has 3 aromatic rings. The summed E-state index contributed by atoms with van der Waals surface area (Å²) in [5.74, 6) is 0.956. The molecule has 1 saturated heterocycles. The molecule has 1 fully saturated rings. The Balaban J connectivity index is 1.46. The molecule has 1 aliphatic heterocycles. The van der Waals surface area contributed by atoms with Crippen molar-refractivity contribution in [2.75, 3.05) is 24.1 Å². The van der Waals surface area contributed by atoms with E-state index in [1.54, 1.807) is 4.52 Å². The summed E-state index contributed by atoms with van der Waals surface area (Å²) in [7, 11) is 0. The van der Waals surface area contributed by atoms with E-state index in [9.17, 15) is 4.79 Å². The highest BCUT2D eigenvalue weighted by Gasteiger charge is 2.23. The summed E-state index contributed by atoms with van der Waals surface area (Å²) in [6.07, 6.45) is 2.26. The first-order valence-corrected chi connectivity index (χ1v) is 9.69. The van der Waals surface area contributed by atoms with Gasteiger partial charge in [-0.2, -0.15) is 9.61 Å². The van der Waals surface area contributed by atoms with Gasteiger partial charge in [-0.25, -0.2) is 4.98 Å². The molecule has 1 unspecified atom stereocenters. The molecule has 7 heteroatoms. The molecule has 4 rings (SSSR count). The van der Waals surface area contributed by atoms with Crippen LogP contribution in [0.4, 0.5) is 11.5 Å². The van der Waals surface area contributed by atoms with E-state index in [-0.39, 0.29) is 5.91 Å². The Hall–Kier alpha value is -2.93. The highest BCUT2D eigenvalue weighted by Crippen LogP contribution is 2.28. The van der Waals surface area contributed by atoms with Crippen molar-refractivity contribution < 1.29 is 4.79 Å². The Kier molecular flexibility index (Phi) is 5.00. The molecule has 3 heterocycles. The Morgan fingerprint density at radius 2 is 2.07 bits per heavy atom. The number of hydrogen-bond donors (Lipinski definition) is 2. The average molecular weight is 378 g/mol. The quantitative estimate of drug-likeness (QED) is 0.729. The number of amides is 1. The van der Waals surface area contributed by atoms with E-state index in [1.165, 1.54) is 12.5 Å². The molecule has 0 aliphatic carbocycles. The fraction of sp³-hybridized carbons (Fsp3) is 0.381. The third-order valence-corrected chi connectivity index (χ3v) is 5.20. The summed E-state index contributed by atoms with van der Waals surface area (Å²) in [4.78, 5) is 18.4. The number of hydrogen-bond acceptors (Lipinski definition) is 5. The van der Waals surface area contributed by atoms with E-state index in [0.29, 0.717) is 11.7 Å². The molecule has 28 heavy (non-hydrogen) atoms. The van der Waals surface area contributed by atoms with Gasteiger partial charge in [-0.1, -0.05) is 12.1 Å². The minimum Gasteiger partial charge on any atom is -0.384 e. The minimum atomic E-state index is -0.0521. The van der Waals surface area contributed by atoms with Crippen LogP contribution in [0.1, 0.15) is 42.6 Å². The minimum absolute atomic E-state index is 0.0521. The SMILES string of the molecule is CC(=O)Nc1ccc(CN2CCCC(c3cc(N)n4nc(C)cc4n3)C2)cc1. The first-order valence-electron chi connectivity index (χ1n) is 9.69. The van der Waals surface area contributed by atoms with Crippen molar-refractivity contribution in [3.8, 4) is 0 Å². The number of nitrogens with one attached hydrogen (secondary N) is 1. The molecule has 7 nitrogen and oxygen atoms in total. The Bertz CT molecular complexity index is 994. The van der Waals surface area contributed by atoms with Crippen LogP contribution < -0.4 is 11.1 Å². The number of likely N-dealkylation sites (tertiary alicyclic amines) is 1. The summed E-state index contributed by atoms with van der Waals surface area (Å²) >= 11 is 0. The second-order valence-electron chi connectivity index (χ2n) is 7.61. The van der Waals surface area contributed by atoms with E-state index in [2.05, 4.69) is 27.4 Å². The molecule has 0 bridgehead atoms. The van der Waals surface area contributed by atoms with Gasteiger partial charge in [0.2, 0.25) is 5.91 Å². The lowest BCUT2D eigenvalue weighted by atomic mass is 9.94. The summed E-state index contributed by atoms with van der Waals surface area (Å²) in [6.45, 7) is 6.40. The van der Waals surface area contributed by atoms with E-state index >= 15 is 0 Å². The smallest absolute Gasteiger partial charge is 0.221 e. The first-order chi connectivity index (χ1) is 13.5. The molecule has 1 atom stereocenters. The number of rotatable bonds is 4. The molecular formula is C21H26N6O. The predicted octanol–water partition coefficient (Wildman–Crippen LogP) is 2.96. The molecule has 2 aromatic heterocycles. The molecule has 0 saturated carbocycles. The summed E-state index contributed by atoms with van der Waals surface area (Å²) in [5.41, 5.74) is 11.1. The van der Waals surface area contributed by atoms with E-state index in [1.807, 2.05) is 31.2 Å². The third-order valence-electron chi connectivity index (χ3n) is 5.20. The van der Waals surface area contributed by atoms with Crippen LogP contribution >= 0.6 is 0 Å². The van der Waals surface area contributed by atoms with Gasteiger partial charge in [0.15, 0.2) is 5.65 Å². The number of carbonyl (C=O) groups is 1. The van der Waals surface area contributed by atoms with Crippen LogP contribution in [-0.2, 0) is 11.3 Å². The van der Waals surface area contributed by atoms with Gasteiger partial charge < -0.3 is 11.1 Å². The van der Waals surface area contributed by atoms with E-state index in [0.717, 1.165) is 55.2 Å². The monoisotopic (exact) mass is 378 g/mol. The summed E-state index contributed by atoms with van der Waals surface area (Å²) in [6, 6.07) is 12.0. The molecule has 1 amide bonds. The fourth-order valence-electron chi connectivity index (χ4n) is 3.94. The molecule has 1 aromatic carbocycles. The van der Waals surface area contributed by atoms with E-state index < -0.39 is 0 Å². The van der Waals surface area contributed by atoms with Crippen LogP contribution in [0.2, 0.25) is 0 Å². The number of aryl methyl sites for hydroxylation is 1. The summed E-state index contributed by atoms with van der Waals surface area (Å²) in [5, 5.41) is 7.19. The average Bonchev–Trinajstić information content (AvgIpc) is 3.04. The molecule has 0 spiro atoms. The number of carbonyl (C=O) groups excluding carboxylic acids is 1. The maximum absolute atomic E-state index is 11.2. The third kappa shape index (κ3) is 3.99. The molecule has 3 N–H and O–H groups in total. The van der Waals surface area contributed by atoms with Crippen molar-refractivity contribution >= 4 is 23.1 Å². The van der Waals surface area contributed by atoms with Crippen molar-refractivity contribution in [2.45, 2.75) is 39.2 Å². The second-order valence-corrected chi connectivity index (χ2v) is 7.61. The van der Waals surface area contributed by atoms with Crippen LogP contribution in [0.5, 0.6) is 0 Å². The Labute approximate surface area is 164 Å². The number of benzene rings is 1. The number of piperidine rings is 1. The number of nitrogens with two attached hydrogens (primary N) is 1. The zero-order chi connectivity index (χ0) is 19.7. The lowest BCUT2D eigenvalue weighted by molar-refractivity contribution is -0.114. The molecule has 0 radical (unpaired) electrons. The molecular weight excluding hydrogens is 352 g/mol. The lowest BCUT2D eigenvalue weighted by Crippen LogP contribution is -2.34. The van der Waals surface area contributed by atoms with Crippen molar-refractivity contribution in [2.24, 2.45) is 0 Å². The normalized spacial score (nSPS) is 17.7. The van der Waals surface area contributed by atoms with Gasteiger partial charge in [0.1, 0.15) is 5.82 Å². The number of anilines is 2. The van der Waals surface area contributed by atoms with Gasteiger partial charge in [-0.3, -0.25) is 9.69 Å². The number of aromatic nitrogens is 3. The Morgan fingerprint density at radius 1 is 1.29 bits per heavy atom. The van der Waals surface area contributed by atoms with Crippen molar-refractivity contribution in [3.63, 3.8) is 0 Å². The van der Waals surface area contributed by atoms with Crippen molar-refractivity contribution in [3.05, 3.63) is 53.3 Å². The fourth-order valence-corrected chi connectivity index (χ4v) is 3.94. The second kappa shape index (κ2) is 7.59. The Morgan fingerprint density at radius 3 is 2.82 bits per heavy atom. The van der Waals surface area contributed by atoms with Gasteiger partial charge >= 0.3 is 0 Å². The first kappa shape index (κ1) is 18.4. The zero-order valence-electron chi connectivity index (χ0n) is 16.4. The van der Waals surface area contributed by atoms with Crippen LogP contribution in [-0.4, -0.2) is 38.5 Å². The molecule has 146 valence electrons. The van der Waals surface area contributed by atoms with Gasteiger partial charge in [0, 0.05) is 43.8 Å². The maximum Gasteiger partial charge on any atom is 0.221 e. The van der Waals surface area contributed by atoms with Crippen LogP contribution in [0, 0.1) is 6.92 Å². The van der Waals surface area contributed by atoms with E-state index in [4.69, 9.17) is 10.7 Å². The number of fused-ring (bicyclic) bond motifs is 1. The van der Waals surface area contributed by atoms with Gasteiger partial charge in [0.05, 0.1) is 11.4 Å². The maximum atomic E-state index is 11.2. The topological polar surface area (TPSA) is 88.5 Å². The van der Waals surface area contributed by atoms with Crippen LogP contribution in [0.25, 0.3) is 5.65 Å².